The van der Waals surface area contributed by atoms with Crippen molar-refractivity contribution in [1.82, 2.24) is 4.90 Å². The number of nitrogens with zero attached hydrogens (tertiary/aromatic N) is 2. The van der Waals surface area contributed by atoms with Gasteiger partial charge in [-0.15, -0.1) is 0 Å². The number of hydrogen-bond acceptors (Lipinski definition) is 4. The van der Waals surface area contributed by atoms with Crippen molar-refractivity contribution in [2.24, 2.45) is 0 Å². The Hall–Kier alpha value is -1.14. The number of halogens is 1. The van der Waals surface area contributed by atoms with Crippen LogP contribution in [0.1, 0.15) is 25.7 Å². The van der Waals surface area contributed by atoms with Crippen LogP contribution < -0.4 is 5.32 Å². The molecular weight excluding hydrogens is 322 g/mol. The first-order valence-electron chi connectivity index (χ1n) is 6.96. The van der Waals surface area contributed by atoms with Gasteiger partial charge in [0.1, 0.15) is 0 Å². The molecular formula is C14H20BrN3O2. The van der Waals surface area contributed by atoms with Crippen molar-refractivity contribution >= 4 is 27.3 Å². The molecule has 0 aromatic heterocycles. The van der Waals surface area contributed by atoms with E-state index in [-0.39, 0.29) is 10.6 Å². The third-order valence-corrected chi connectivity index (χ3v) is 4.55. The van der Waals surface area contributed by atoms with Gasteiger partial charge in [0.25, 0.3) is 5.69 Å². The molecule has 20 heavy (non-hydrogen) atoms. The zero-order chi connectivity index (χ0) is 14.5. The van der Waals surface area contributed by atoms with Gasteiger partial charge in [0.05, 0.1) is 4.92 Å². The quantitative estimate of drug-likeness (QED) is 0.633. The maximum atomic E-state index is 10.7. The summed E-state index contributed by atoms with van der Waals surface area (Å²) in [4.78, 5) is 12.7. The molecule has 2 rings (SSSR count). The van der Waals surface area contributed by atoms with Gasteiger partial charge in [-0.2, -0.15) is 0 Å². The second-order valence-electron chi connectivity index (χ2n) is 5.27. The van der Waals surface area contributed by atoms with E-state index in [0.29, 0.717) is 0 Å². The summed E-state index contributed by atoms with van der Waals surface area (Å²) in [6.45, 7) is 1.82. The molecule has 0 atom stereocenters. The Labute approximate surface area is 127 Å². The van der Waals surface area contributed by atoms with Gasteiger partial charge < -0.3 is 10.2 Å². The number of anilines is 1. The van der Waals surface area contributed by atoms with Crippen LogP contribution in [-0.2, 0) is 0 Å². The first-order valence-corrected chi connectivity index (χ1v) is 7.75. The van der Waals surface area contributed by atoms with E-state index < -0.39 is 0 Å². The molecule has 1 fully saturated rings. The largest absolute Gasteiger partial charge is 0.383 e. The minimum absolute atomic E-state index is 0.102. The number of nitrogens with one attached hydrogen (secondary N) is 1. The molecule has 0 saturated heterocycles. The zero-order valence-electron chi connectivity index (χ0n) is 11.6. The molecule has 1 saturated carbocycles. The lowest BCUT2D eigenvalue weighted by atomic mass is 10.2. The van der Waals surface area contributed by atoms with Crippen LogP contribution in [0.15, 0.2) is 22.7 Å². The summed E-state index contributed by atoms with van der Waals surface area (Å²) in [6, 6.07) is 5.52. The van der Waals surface area contributed by atoms with E-state index in [9.17, 15) is 10.1 Å². The SMILES string of the molecule is CN(CCNc1ccc([N+](=O)[O-])cc1Br)C1CCCC1. The molecule has 0 unspecified atom stereocenters. The lowest BCUT2D eigenvalue weighted by Gasteiger charge is -2.24. The van der Waals surface area contributed by atoms with Gasteiger partial charge in [0.2, 0.25) is 0 Å². The first kappa shape index (κ1) is 15.3. The monoisotopic (exact) mass is 341 g/mol. The maximum absolute atomic E-state index is 10.7. The molecule has 6 heteroatoms. The van der Waals surface area contributed by atoms with Crippen molar-refractivity contribution in [3.63, 3.8) is 0 Å². The molecule has 1 aromatic rings. The lowest BCUT2D eigenvalue weighted by molar-refractivity contribution is -0.384. The summed E-state index contributed by atoms with van der Waals surface area (Å²) in [6.07, 6.45) is 5.29. The van der Waals surface area contributed by atoms with Gasteiger partial charge in [0, 0.05) is 41.4 Å². The van der Waals surface area contributed by atoms with Crippen molar-refractivity contribution in [2.45, 2.75) is 31.7 Å². The number of hydrogen-bond donors (Lipinski definition) is 1. The van der Waals surface area contributed by atoms with E-state index in [0.717, 1.165) is 29.3 Å². The second kappa shape index (κ2) is 7.04. The smallest absolute Gasteiger partial charge is 0.270 e. The third-order valence-electron chi connectivity index (χ3n) is 3.89. The summed E-state index contributed by atoms with van der Waals surface area (Å²) in [5.41, 5.74) is 1.00. The molecule has 0 spiro atoms. The highest BCUT2D eigenvalue weighted by Gasteiger charge is 2.18. The van der Waals surface area contributed by atoms with Crippen LogP contribution in [0, 0.1) is 10.1 Å². The number of nitro groups is 1. The van der Waals surface area contributed by atoms with Crippen molar-refractivity contribution in [2.75, 3.05) is 25.5 Å². The number of likely N-dealkylation sites (N-methyl/N-ethyl adjacent to an activating group) is 1. The van der Waals surface area contributed by atoms with Crippen molar-refractivity contribution in [1.29, 1.82) is 0 Å². The number of nitro benzene ring substituents is 1. The molecule has 0 amide bonds. The summed E-state index contributed by atoms with van der Waals surface area (Å²) in [7, 11) is 2.17. The lowest BCUT2D eigenvalue weighted by Crippen LogP contribution is -2.33. The Morgan fingerprint density at radius 3 is 2.75 bits per heavy atom. The fourth-order valence-corrected chi connectivity index (χ4v) is 3.16. The number of rotatable bonds is 6. The molecule has 0 bridgehead atoms. The normalized spacial score (nSPS) is 15.8. The van der Waals surface area contributed by atoms with Crippen molar-refractivity contribution in [3.8, 4) is 0 Å². The molecule has 1 aliphatic rings. The molecule has 1 aromatic carbocycles. The average Bonchev–Trinajstić information content (AvgIpc) is 2.94. The summed E-state index contributed by atoms with van der Waals surface area (Å²) < 4.78 is 0.732. The molecule has 0 aliphatic heterocycles. The maximum Gasteiger partial charge on any atom is 0.270 e. The first-order chi connectivity index (χ1) is 9.58. The Morgan fingerprint density at radius 2 is 2.15 bits per heavy atom. The number of non-ortho nitro benzene ring substituents is 1. The molecule has 5 nitrogen and oxygen atoms in total. The predicted octanol–water partition coefficient (Wildman–Crippen LogP) is 3.64. The van der Waals surface area contributed by atoms with Gasteiger partial charge in [-0.3, -0.25) is 10.1 Å². The predicted molar refractivity (Wildman–Crippen MR) is 84.2 cm³/mol. The van der Waals surface area contributed by atoms with E-state index in [1.165, 1.54) is 37.8 Å². The van der Waals surface area contributed by atoms with E-state index in [1.807, 2.05) is 0 Å². The summed E-state index contributed by atoms with van der Waals surface area (Å²) in [5, 5.41) is 14.0. The Morgan fingerprint density at radius 1 is 1.45 bits per heavy atom. The van der Waals surface area contributed by atoms with Crippen LogP contribution >= 0.6 is 15.9 Å². The Kier molecular flexibility index (Phi) is 5.37. The van der Waals surface area contributed by atoms with E-state index in [1.54, 1.807) is 6.07 Å². The molecule has 110 valence electrons. The standard InChI is InChI=1S/C14H20BrN3O2/c1-17(11-4-2-3-5-11)9-8-16-14-7-6-12(18(19)20)10-13(14)15/h6-7,10-11,16H,2-5,8-9H2,1H3. The van der Waals surface area contributed by atoms with Crippen LogP contribution in [-0.4, -0.2) is 36.0 Å². The highest BCUT2D eigenvalue weighted by atomic mass is 79.9. The highest BCUT2D eigenvalue weighted by Crippen LogP contribution is 2.27. The van der Waals surface area contributed by atoms with Gasteiger partial charge in [-0.25, -0.2) is 0 Å². The van der Waals surface area contributed by atoms with E-state index in [2.05, 4.69) is 33.2 Å². The van der Waals surface area contributed by atoms with Crippen molar-refractivity contribution < 1.29 is 4.92 Å². The topological polar surface area (TPSA) is 58.4 Å². The Bertz CT molecular complexity index is 475. The minimum Gasteiger partial charge on any atom is -0.383 e. The zero-order valence-corrected chi connectivity index (χ0v) is 13.2. The summed E-state index contributed by atoms with van der Waals surface area (Å²) in [5.74, 6) is 0. The van der Waals surface area contributed by atoms with Crippen LogP contribution in [0.5, 0.6) is 0 Å². The van der Waals surface area contributed by atoms with Gasteiger partial charge >= 0.3 is 0 Å². The second-order valence-corrected chi connectivity index (χ2v) is 6.12. The van der Waals surface area contributed by atoms with Crippen LogP contribution in [0.3, 0.4) is 0 Å². The van der Waals surface area contributed by atoms with Crippen molar-refractivity contribution in [3.05, 3.63) is 32.8 Å². The van der Waals surface area contributed by atoms with E-state index in [4.69, 9.17) is 0 Å². The van der Waals surface area contributed by atoms with Crippen LogP contribution in [0.4, 0.5) is 11.4 Å². The average molecular weight is 342 g/mol. The molecule has 1 aliphatic carbocycles. The molecule has 0 radical (unpaired) electrons. The van der Waals surface area contributed by atoms with Crippen LogP contribution in [0.2, 0.25) is 0 Å². The molecule has 0 heterocycles. The van der Waals surface area contributed by atoms with Gasteiger partial charge in [-0.1, -0.05) is 12.8 Å². The van der Waals surface area contributed by atoms with Gasteiger partial charge in [-0.05, 0) is 41.9 Å². The minimum atomic E-state index is -0.386. The summed E-state index contributed by atoms with van der Waals surface area (Å²) >= 11 is 3.37. The fraction of sp³-hybridized carbons (Fsp3) is 0.571. The number of benzene rings is 1. The van der Waals surface area contributed by atoms with Crippen LogP contribution in [0.25, 0.3) is 0 Å². The van der Waals surface area contributed by atoms with Gasteiger partial charge in [0.15, 0.2) is 0 Å². The molecule has 1 N–H and O–H groups in total. The highest BCUT2D eigenvalue weighted by molar-refractivity contribution is 9.10. The fourth-order valence-electron chi connectivity index (χ4n) is 2.66. The Balaban J connectivity index is 1.83. The third kappa shape index (κ3) is 3.93. The van der Waals surface area contributed by atoms with E-state index >= 15 is 0 Å².